The highest BCUT2D eigenvalue weighted by atomic mass is 16.5. The first-order valence-electron chi connectivity index (χ1n) is 9.03. The lowest BCUT2D eigenvalue weighted by atomic mass is 9.96. The van der Waals surface area contributed by atoms with Crippen molar-refractivity contribution in [3.05, 3.63) is 29.8 Å². The molecule has 0 unspecified atom stereocenters. The second kappa shape index (κ2) is 9.30. The van der Waals surface area contributed by atoms with E-state index in [0.717, 1.165) is 37.2 Å². The summed E-state index contributed by atoms with van der Waals surface area (Å²) in [6.07, 6.45) is 1.45. The standard InChI is InChI=1S/C19H29N3O3/c1-4-21(5-2)19(24)22-12-10-16(11-13-22)18(23)20-14-15-6-8-17(25-3)9-7-15/h6-9,16H,4-5,10-14H2,1-3H3,(H,20,23). The second-order valence-corrected chi connectivity index (χ2v) is 6.28. The minimum absolute atomic E-state index is 0.0148. The van der Waals surface area contributed by atoms with Crippen molar-refractivity contribution in [1.29, 1.82) is 0 Å². The van der Waals surface area contributed by atoms with Crippen LogP contribution in [0.3, 0.4) is 0 Å². The van der Waals surface area contributed by atoms with Gasteiger partial charge in [0.15, 0.2) is 0 Å². The number of urea groups is 1. The summed E-state index contributed by atoms with van der Waals surface area (Å²) in [4.78, 5) is 28.4. The van der Waals surface area contributed by atoms with E-state index in [2.05, 4.69) is 5.32 Å². The number of amides is 3. The van der Waals surface area contributed by atoms with Crippen LogP contribution in [-0.4, -0.2) is 55.0 Å². The van der Waals surface area contributed by atoms with Gasteiger partial charge < -0.3 is 19.9 Å². The molecule has 6 nitrogen and oxygen atoms in total. The van der Waals surface area contributed by atoms with Crippen LogP contribution in [0.2, 0.25) is 0 Å². The van der Waals surface area contributed by atoms with E-state index in [1.54, 1.807) is 7.11 Å². The third kappa shape index (κ3) is 5.11. The van der Waals surface area contributed by atoms with Crippen LogP contribution in [0.25, 0.3) is 0 Å². The highest BCUT2D eigenvalue weighted by Crippen LogP contribution is 2.19. The van der Waals surface area contributed by atoms with Crippen molar-refractivity contribution in [2.75, 3.05) is 33.3 Å². The average molecular weight is 347 g/mol. The van der Waals surface area contributed by atoms with E-state index in [4.69, 9.17) is 4.74 Å². The Morgan fingerprint density at radius 1 is 1.16 bits per heavy atom. The lowest BCUT2D eigenvalue weighted by Gasteiger charge is -2.34. The molecular formula is C19H29N3O3. The fraction of sp³-hybridized carbons (Fsp3) is 0.579. The van der Waals surface area contributed by atoms with Crippen LogP contribution in [0, 0.1) is 5.92 Å². The molecule has 6 heteroatoms. The summed E-state index contributed by atoms with van der Waals surface area (Å²) in [6.45, 7) is 7.23. The van der Waals surface area contributed by atoms with Crippen molar-refractivity contribution in [1.82, 2.24) is 15.1 Å². The monoisotopic (exact) mass is 347 g/mol. The van der Waals surface area contributed by atoms with Gasteiger partial charge in [0.1, 0.15) is 5.75 Å². The molecule has 1 aliphatic heterocycles. The molecule has 1 N–H and O–H groups in total. The number of nitrogens with one attached hydrogen (secondary N) is 1. The molecular weight excluding hydrogens is 318 g/mol. The number of rotatable bonds is 6. The van der Waals surface area contributed by atoms with Gasteiger partial charge in [0, 0.05) is 38.6 Å². The van der Waals surface area contributed by atoms with Gasteiger partial charge in [0.2, 0.25) is 5.91 Å². The van der Waals surface area contributed by atoms with Crippen molar-refractivity contribution in [2.24, 2.45) is 5.92 Å². The first-order chi connectivity index (χ1) is 12.1. The largest absolute Gasteiger partial charge is 0.497 e. The maximum absolute atomic E-state index is 12.4. The summed E-state index contributed by atoms with van der Waals surface area (Å²) in [6, 6.07) is 7.76. The van der Waals surface area contributed by atoms with Crippen molar-refractivity contribution in [3.63, 3.8) is 0 Å². The second-order valence-electron chi connectivity index (χ2n) is 6.28. The van der Waals surface area contributed by atoms with Gasteiger partial charge in [-0.2, -0.15) is 0 Å². The van der Waals surface area contributed by atoms with Crippen LogP contribution >= 0.6 is 0 Å². The van der Waals surface area contributed by atoms with E-state index in [1.165, 1.54) is 0 Å². The predicted molar refractivity (Wildman–Crippen MR) is 97.5 cm³/mol. The molecule has 1 aromatic carbocycles. The Morgan fingerprint density at radius 2 is 1.76 bits per heavy atom. The van der Waals surface area contributed by atoms with Crippen molar-refractivity contribution in [2.45, 2.75) is 33.2 Å². The Balaban J connectivity index is 1.77. The molecule has 0 bridgehead atoms. The smallest absolute Gasteiger partial charge is 0.319 e. The summed E-state index contributed by atoms with van der Waals surface area (Å²) in [5.41, 5.74) is 1.04. The zero-order chi connectivity index (χ0) is 18.2. The molecule has 1 aliphatic rings. The number of hydrogen-bond acceptors (Lipinski definition) is 3. The van der Waals surface area contributed by atoms with Gasteiger partial charge >= 0.3 is 6.03 Å². The maximum Gasteiger partial charge on any atom is 0.319 e. The van der Waals surface area contributed by atoms with Gasteiger partial charge in [0.05, 0.1) is 7.11 Å². The van der Waals surface area contributed by atoms with Crippen molar-refractivity contribution >= 4 is 11.9 Å². The minimum atomic E-state index is -0.0148. The fourth-order valence-electron chi connectivity index (χ4n) is 3.10. The number of ether oxygens (including phenoxy) is 1. The Hall–Kier alpha value is -2.24. The highest BCUT2D eigenvalue weighted by Gasteiger charge is 2.28. The third-order valence-corrected chi connectivity index (χ3v) is 4.80. The van der Waals surface area contributed by atoms with E-state index in [-0.39, 0.29) is 17.9 Å². The summed E-state index contributed by atoms with van der Waals surface area (Å²) < 4.78 is 5.13. The number of hydrogen-bond donors (Lipinski definition) is 1. The first kappa shape index (κ1) is 19.1. The number of benzene rings is 1. The molecule has 1 heterocycles. The molecule has 0 atom stereocenters. The maximum atomic E-state index is 12.4. The van der Waals surface area contributed by atoms with Gasteiger partial charge in [-0.05, 0) is 44.4 Å². The van der Waals surface area contributed by atoms with Crippen molar-refractivity contribution in [3.8, 4) is 5.75 Å². The van der Waals surface area contributed by atoms with Gasteiger partial charge in [-0.25, -0.2) is 4.79 Å². The number of carbonyl (C=O) groups is 2. The Morgan fingerprint density at radius 3 is 2.28 bits per heavy atom. The molecule has 0 radical (unpaired) electrons. The van der Waals surface area contributed by atoms with Crippen LogP contribution in [0.4, 0.5) is 4.79 Å². The average Bonchev–Trinajstić information content (AvgIpc) is 2.67. The number of methoxy groups -OCH3 is 1. The van der Waals surface area contributed by atoms with E-state index in [1.807, 2.05) is 47.9 Å². The summed E-state index contributed by atoms with van der Waals surface area (Å²) in [5, 5.41) is 3.00. The molecule has 1 fully saturated rings. The zero-order valence-electron chi connectivity index (χ0n) is 15.5. The lowest BCUT2D eigenvalue weighted by Crippen LogP contribution is -2.48. The van der Waals surface area contributed by atoms with Gasteiger partial charge in [0.25, 0.3) is 0 Å². The predicted octanol–water partition coefficient (Wildman–Crippen LogP) is 2.49. The number of piperidine rings is 1. The molecule has 1 saturated heterocycles. The minimum Gasteiger partial charge on any atom is -0.497 e. The first-order valence-corrected chi connectivity index (χ1v) is 9.03. The molecule has 2 rings (SSSR count). The normalized spacial score (nSPS) is 14.9. The van der Waals surface area contributed by atoms with Crippen LogP contribution in [0.15, 0.2) is 24.3 Å². The van der Waals surface area contributed by atoms with Crippen LogP contribution < -0.4 is 10.1 Å². The fourth-order valence-corrected chi connectivity index (χ4v) is 3.10. The quantitative estimate of drug-likeness (QED) is 0.860. The van der Waals surface area contributed by atoms with E-state index >= 15 is 0 Å². The molecule has 138 valence electrons. The Kier molecular flexibility index (Phi) is 7.10. The SMILES string of the molecule is CCN(CC)C(=O)N1CCC(C(=O)NCc2ccc(OC)cc2)CC1. The number of likely N-dealkylation sites (tertiary alicyclic amines) is 1. The van der Waals surface area contributed by atoms with Gasteiger partial charge in [-0.15, -0.1) is 0 Å². The lowest BCUT2D eigenvalue weighted by molar-refractivity contribution is -0.126. The summed E-state index contributed by atoms with van der Waals surface area (Å²) in [7, 11) is 1.63. The highest BCUT2D eigenvalue weighted by molar-refractivity contribution is 5.79. The third-order valence-electron chi connectivity index (χ3n) is 4.80. The van der Waals surface area contributed by atoms with Gasteiger partial charge in [-0.1, -0.05) is 12.1 Å². The summed E-state index contributed by atoms with van der Waals surface area (Å²) >= 11 is 0. The van der Waals surface area contributed by atoms with E-state index < -0.39 is 0 Å². The Labute approximate surface area is 150 Å². The van der Waals surface area contributed by atoms with E-state index in [9.17, 15) is 9.59 Å². The zero-order valence-corrected chi connectivity index (χ0v) is 15.5. The topological polar surface area (TPSA) is 61.9 Å². The molecule has 3 amide bonds. The van der Waals surface area contributed by atoms with Crippen LogP contribution in [-0.2, 0) is 11.3 Å². The number of nitrogens with zero attached hydrogens (tertiary/aromatic N) is 2. The molecule has 0 aromatic heterocycles. The van der Waals surface area contributed by atoms with Crippen LogP contribution in [0.1, 0.15) is 32.3 Å². The molecule has 1 aromatic rings. The van der Waals surface area contributed by atoms with Crippen molar-refractivity contribution < 1.29 is 14.3 Å². The molecule has 25 heavy (non-hydrogen) atoms. The summed E-state index contributed by atoms with van der Waals surface area (Å²) in [5.74, 6) is 0.866. The molecule has 0 saturated carbocycles. The van der Waals surface area contributed by atoms with Gasteiger partial charge in [-0.3, -0.25) is 4.79 Å². The molecule has 0 spiro atoms. The van der Waals surface area contributed by atoms with E-state index in [0.29, 0.717) is 19.6 Å². The van der Waals surface area contributed by atoms with Crippen LogP contribution in [0.5, 0.6) is 5.75 Å². The number of carbonyl (C=O) groups excluding carboxylic acids is 2. The molecule has 0 aliphatic carbocycles. The Bertz CT molecular complexity index is 562.